The van der Waals surface area contributed by atoms with Gasteiger partial charge in [-0.05, 0) is 24.3 Å². The van der Waals surface area contributed by atoms with Crippen molar-refractivity contribution >= 4 is 54.4 Å². The molecule has 0 amide bonds. The number of H-pyrrole nitrogens is 1. The van der Waals surface area contributed by atoms with E-state index in [1.807, 2.05) is 0 Å². The number of aromatic amines is 1. The predicted molar refractivity (Wildman–Crippen MR) is 95.2 cm³/mol. The molecular weight excluding hydrogens is 346 g/mol. The molecule has 0 radical (unpaired) electrons. The predicted octanol–water partition coefficient (Wildman–Crippen LogP) is 3.53. The first-order chi connectivity index (χ1) is 11.7. The van der Waals surface area contributed by atoms with Crippen molar-refractivity contribution in [2.45, 2.75) is 0 Å². The number of benzene rings is 1. The third-order valence-electron chi connectivity index (χ3n) is 3.90. The minimum absolute atomic E-state index is 0.131. The average molecular weight is 354 g/mol. The molecular formula is C16H8ClN5OS. The number of nitrogens with zero attached hydrogens (tertiary/aromatic N) is 4. The van der Waals surface area contributed by atoms with Gasteiger partial charge in [-0.15, -0.1) is 11.3 Å². The Morgan fingerprint density at radius 2 is 1.92 bits per heavy atom. The van der Waals surface area contributed by atoms with Crippen LogP contribution < -0.4 is 5.56 Å². The van der Waals surface area contributed by atoms with Crippen LogP contribution in [0.25, 0.3) is 37.2 Å². The Hall–Kier alpha value is -2.77. The van der Waals surface area contributed by atoms with E-state index in [1.165, 1.54) is 22.2 Å². The van der Waals surface area contributed by atoms with Crippen molar-refractivity contribution in [2.24, 2.45) is 0 Å². The van der Waals surface area contributed by atoms with Gasteiger partial charge in [0.25, 0.3) is 5.56 Å². The lowest BCUT2D eigenvalue weighted by molar-refractivity contribution is 0.968. The van der Waals surface area contributed by atoms with Crippen LogP contribution in [0.4, 0.5) is 0 Å². The van der Waals surface area contributed by atoms with Gasteiger partial charge in [0.15, 0.2) is 0 Å². The van der Waals surface area contributed by atoms with Gasteiger partial charge in [0.2, 0.25) is 0 Å². The second kappa shape index (κ2) is 4.86. The normalized spacial score (nSPS) is 11.7. The SMILES string of the molecule is O=c1c2sc3ncc4[nH]cnc4c3c2ncn1-c1ccc(Cl)cc1. The Kier molecular flexibility index (Phi) is 2.76. The fraction of sp³-hybridized carbons (Fsp3) is 0. The van der Waals surface area contributed by atoms with Crippen molar-refractivity contribution in [1.82, 2.24) is 24.5 Å². The highest BCUT2D eigenvalue weighted by atomic mass is 35.5. The summed E-state index contributed by atoms with van der Waals surface area (Å²) < 4.78 is 2.07. The van der Waals surface area contributed by atoms with E-state index in [9.17, 15) is 4.79 Å². The van der Waals surface area contributed by atoms with Gasteiger partial charge >= 0.3 is 0 Å². The van der Waals surface area contributed by atoms with Gasteiger partial charge in [0, 0.05) is 5.02 Å². The molecule has 1 aromatic carbocycles. The number of hydrogen-bond donors (Lipinski definition) is 1. The van der Waals surface area contributed by atoms with Crippen LogP contribution in [-0.4, -0.2) is 24.5 Å². The molecule has 116 valence electrons. The Balaban J connectivity index is 1.88. The molecule has 0 aliphatic rings. The molecule has 0 saturated heterocycles. The first-order valence-electron chi connectivity index (χ1n) is 7.10. The molecule has 0 atom stereocenters. The van der Waals surface area contributed by atoms with E-state index in [-0.39, 0.29) is 5.56 Å². The van der Waals surface area contributed by atoms with Crippen LogP contribution >= 0.6 is 22.9 Å². The van der Waals surface area contributed by atoms with Crippen molar-refractivity contribution in [1.29, 1.82) is 0 Å². The van der Waals surface area contributed by atoms with Crippen molar-refractivity contribution < 1.29 is 0 Å². The summed E-state index contributed by atoms with van der Waals surface area (Å²) in [6.45, 7) is 0. The molecule has 5 rings (SSSR count). The molecule has 8 heteroatoms. The summed E-state index contributed by atoms with van der Waals surface area (Å²) in [6.07, 6.45) is 4.87. The third kappa shape index (κ3) is 1.82. The quantitative estimate of drug-likeness (QED) is 0.500. The van der Waals surface area contributed by atoms with Gasteiger partial charge in [0.05, 0.1) is 29.1 Å². The van der Waals surface area contributed by atoms with Gasteiger partial charge < -0.3 is 4.98 Å². The van der Waals surface area contributed by atoms with E-state index in [4.69, 9.17) is 11.6 Å². The zero-order valence-electron chi connectivity index (χ0n) is 12.0. The number of fused-ring (bicyclic) bond motifs is 5. The molecule has 0 aliphatic heterocycles. The lowest BCUT2D eigenvalue weighted by atomic mass is 10.2. The molecule has 0 spiro atoms. The Morgan fingerprint density at radius 3 is 2.75 bits per heavy atom. The highest BCUT2D eigenvalue weighted by molar-refractivity contribution is 7.25. The average Bonchev–Trinajstić information content (AvgIpc) is 3.20. The van der Waals surface area contributed by atoms with Crippen molar-refractivity contribution in [3.05, 3.63) is 58.5 Å². The van der Waals surface area contributed by atoms with E-state index < -0.39 is 0 Å². The molecule has 24 heavy (non-hydrogen) atoms. The van der Waals surface area contributed by atoms with E-state index in [0.717, 1.165) is 21.3 Å². The zero-order chi connectivity index (χ0) is 16.3. The zero-order valence-corrected chi connectivity index (χ0v) is 13.6. The van der Waals surface area contributed by atoms with E-state index in [1.54, 1.807) is 36.8 Å². The van der Waals surface area contributed by atoms with E-state index in [2.05, 4.69) is 19.9 Å². The molecule has 4 heterocycles. The molecule has 0 fully saturated rings. The highest BCUT2D eigenvalue weighted by Crippen LogP contribution is 2.33. The molecule has 0 aliphatic carbocycles. The first kappa shape index (κ1) is 13.6. The molecule has 4 aromatic heterocycles. The number of aromatic nitrogens is 5. The van der Waals surface area contributed by atoms with E-state index in [0.29, 0.717) is 20.9 Å². The van der Waals surface area contributed by atoms with Crippen LogP contribution in [0.5, 0.6) is 0 Å². The monoisotopic (exact) mass is 353 g/mol. The largest absolute Gasteiger partial charge is 0.343 e. The topological polar surface area (TPSA) is 76.5 Å². The second-order valence-corrected chi connectivity index (χ2v) is 6.71. The van der Waals surface area contributed by atoms with Crippen molar-refractivity contribution in [2.75, 3.05) is 0 Å². The molecule has 0 saturated carbocycles. The lowest BCUT2D eigenvalue weighted by Gasteiger charge is -2.04. The van der Waals surface area contributed by atoms with Crippen LogP contribution in [0.1, 0.15) is 0 Å². The lowest BCUT2D eigenvalue weighted by Crippen LogP contribution is -2.17. The van der Waals surface area contributed by atoms with Gasteiger partial charge in [-0.1, -0.05) is 11.6 Å². The van der Waals surface area contributed by atoms with Crippen LogP contribution in [0, 0.1) is 0 Å². The molecule has 5 aromatic rings. The number of hydrogen-bond acceptors (Lipinski definition) is 5. The maximum atomic E-state index is 12.9. The van der Waals surface area contributed by atoms with Gasteiger partial charge in [-0.25, -0.2) is 15.0 Å². The second-order valence-electron chi connectivity index (χ2n) is 5.28. The molecule has 1 N–H and O–H groups in total. The Morgan fingerprint density at radius 1 is 1.08 bits per heavy atom. The standard InChI is InChI=1S/C16H8ClN5OS/c17-8-1-3-9(4-2-8)22-7-21-13-11-12-10(19-6-20-12)5-18-15(11)24-14(13)16(22)23/h1-7H,(H,19,20). The van der Waals surface area contributed by atoms with Crippen LogP contribution in [-0.2, 0) is 0 Å². The summed E-state index contributed by atoms with van der Waals surface area (Å²) in [5.74, 6) is 0. The minimum Gasteiger partial charge on any atom is -0.343 e. The fourth-order valence-corrected chi connectivity index (χ4v) is 3.93. The molecule has 6 nitrogen and oxygen atoms in total. The number of nitrogens with one attached hydrogen (secondary N) is 1. The first-order valence-corrected chi connectivity index (χ1v) is 8.30. The van der Waals surface area contributed by atoms with Crippen molar-refractivity contribution in [3.8, 4) is 5.69 Å². The maximum absolute atomic E-state index is 12.9. The summed E-state index contributed by atoms with van der Waals surface area (Å²) in [5.41, 5.74) is 2.83. The fourth-order valence-electron chi connectivity index (χ4n) is 2.77. The van der Waals surface area contributed by atoms with Gasteiger partial charge in [-0.2, -0.15) is 0 Å². The Bertz CT molecular complexity index is 1290. The molecule has 0 unspecified atom stereocenters. The summed E-state index contributed by atoms with van der Waals surface area (Å²) in [7, 11) is 0. The highest BCUT2D eigenvalue weighted by Gasteiger charge is 2.16. The van der Waals surface area contributed by atoms with Crippen molar-refractivity contribution in [3.63, 3.8) is 0 Å². The summed E-state index contributed by atoms with van der Waals surface area (Å²) >= 11 is 7.24. The molecule has 0 bridgehead atoms. The number of imidazole rings is 1. The van der Waals surface area contributed by atoms with E-state index >= 15 is 0 Å². The number of halogens is 1. The maximum Gasteiger partial charge on any atom is 0.275 e. The minimum atomic E-state index is -0.131. The van der Waals surface area contributed by atoms with Crippen LogP contribution in [0.15, 0.2) is 47.9 Å². The van der Waals surface area contributed by atoms with Crippen LogP contribution in [0.3, 0.4) is 0 Å². The smallest absolute Gasteiger partial charge is 0.275 e. The summed E-state index contributed by atoms with van der Waals surface area (Å²) in [4.78, 5) is 29.9. The van der Waals surface area contributed by atoms with Gasteiger partial charge in [0.1, 0.15) is 26.9 Å². The number of rotatable bonds is 1. The van der Waals surface area contributed by atoms with Gasteiger partial charge in [-0.3, -0.25) is 9.36 Å². The third-order valence-corrected chi connectivity index (χ3v) is 5.23. The number of thiophene rings is 1. The summed E-state index contributed by atoms with van der Waals surface area (Å²) in [5, 5.41) is 1.43. The summed E-state index contributed by atoms with van der Waals surface area (Å²) in [6, 6.07) is 7.06. The number of pyridine rings is 1. The van der Waals surface area contributed by atoms with Crippen LogP contribution in [0.2, 0.25) is 5.02 Å². The Labute approximate surface area is 143 Å².